The van der Waals surface area contributed by atoms with Crippen molar-refractivity contribution in [2.24, 2.45) is 0 Å². The van der Waals surface area contributed by atoms with Crippen molar-refractivity contribution >= 4 is 21.6 Å². The summed E-state index contributed by atoms with van der Waals surface area (Å²) in [5, 5.41) is 14.8. The minimum Gasteiger partial charge on any atom is -0.616 e. The molecule has 4 aromatic rings. The first kappa shape index (κ1) is 16.4. The average molecular weight is 365 g/mol. The van der Waals surface area contributed by atoms with E-state index in [-0.39, 0.29) is 12.5 Å². The van der Waals surface area contributed by atoms with Crippen LogP contribution in [0, 0.1) is 5.21 Å². The molecule has 0 atom stereocenters. The smallest absolute Gasteiger partial charge is 0.386 e. The van der Waals surface area contributed by atoms with E-state index in [0.717, 1.165) is 21.3 Å². The minimum absolute atomic E-state index is 0.154. The van der Waals surface area contributed by atoms with Crippen LogP contribution in [0.4, 0.5) is 0 Å². The van der Waals surface area contributed by atoms with Crippen LogP contribution in [0.2, 0.25) is 0 Å². The molecule has 7 heteroatoms. The number of hydrogen-bond acceptors (Lipinski definition) is 6. The standard InChI is InChI=1S/C19H15N3O3S/c1-24-11-15-20-18(25-16-9-5-6-10-22(16)23)17-14(12-26-19(17)21-15)13-7-3-2-4-8-13/h2-10,12H,11H2,1H3. The fourth-order valence-corrected chi connectivity index (χ4v) is 3.60. The number of hydrogen-bond donors (Lipinski definition) is 0. The van der Waals surface area contributed by atoms with Gasteiger partial charge in [-0.1, -0.05) is 30.3 Å². The van der Waals surface area contributed by atoms with Crippen LogP contribution in [0.25, 0.3) is 21.3 Å². The van der Waals surface area contributed by atoms with E-state index in [2.05, 4.69) is 9.97 Å². The van der Waals surface area contributed by atoms with Crippen molar-refractivity contribution in [1.82, 2.24) is 9.97 Å². The van der Waals surface area contributed by atoms with E-state index in [0.29, 0.717) is 16.4 Å². The monoisotopic (exact) mass is 365 g/mol. The molecule has 0 bridgehead atoms. The highest BCUT2D eigenvalue weighted by atomic mass is 32.1. The summed E-state index contributed by atoms with van der Waals surface area (Å²) in [6, 6.07) is 14.9. The van der Waals surface area contributed by atoms with Crippen molar-refractivity contribution in [3.63, 3.8) is 0 Å². The molecule has 0 aliphatic heterocycles. The molecule has 1 aromatic carbocycles. The molecule has 0 spiro atoms. The highest BCUT2D eigenvalue weighted by molar-refractivity contribution is 7.17. The predicted molar refractivity (Wildman–Crippen MR) is 99.0 cm³/mol. The van der Waals surface area contributed by atoms with E-state index in [1.165, 1.54) is 17.5 Å². The highest BCUT2D eigenvalue weighted by Gasteiger charge is 2.19. The number of pyridine rings is 1. The summed E-state index contributed by atoms with van der Waals surface area (Å²) in [6.07, 6.45) is 1.38. The van der Waals surface area contributed by atoms with E-state index in [1.54, 1.807) is 25.3 Å². The van der Waals surface area contributed by atoms with Gasteiger partial charge in [0.25, 0.3) is 0 Å². The maximum absolute atomic E-state index is 12.0. The number of fused-ring (bicyclic) bond motifs is 1. The molecule has 0 aliphatic carbocycles. The lowest BCUT2D eigenvalue weighted by atomic mass is 10.1. The highest BCUT2D eigenvalue weighted by Crippen LogP contribution is 2.39. The molecule has 3 aromatic heterocycles. The summed E-state index contributed by atoms with van der Waals surface area (Å²) in [4.78, 5) is 9.82. The van der Waals surface area contributed by atoms with Crippen LogP contribution < -0.4 is 9.47 Å². The molecular weight excluding hydrogens is 350 g/mol. The van der Waals surface area contributed by atoms with E-state index >= 15 is 0 Å². The number of nitrogens with zero attached hydrogens (tertiary/aromatic N) is 3. The lowest BCUT2D eigenvalue weighted by Crippen LogP contribution is -2.27. The summed E-state index contributed by atoms with van der Waals surface area (Å²) < 4.78 is 11.7. The van der Waals surface area contributed by atoms with Crippen LogP contribution in [0.5, 0.6) is 11.8 Å². The third-order valence-electron chi connectivity index (χ3n) is 3.79. The Hall–Kier alpha value is -3.03. The van der Waals surface area contributed by atoms with Crippen molar-refractivity contribution in [3.05, 3.63) is 71.1 Å². The fraction of sp³-hybridized carbons (Fsp3) is 0.105. The van der Waals surface area contributed by atoms with Crippen LogP contribution in [0.15, 0.2) is 60.1 Å². The van der Waals surface area contributed by atoms with Gasteiger partial charge in [0.15, 0.2) is 12.0 Å². The van der Waals surface area contributed by atoms with E-state index in [1.807, 2.05) is 35.7 Å². The second-order valence-corrected chi connectivity index (χ2v) is 6.40. The quantitative estimate of drug-likeness (QED) is 0.396. The van der Waals surface area contributed by atoms with Gasteiger partial charge in [-0.25, -0.2) is 4.98 Å². The molecule has 3 heterocycles. The zero-order valence-corrected chi connectivity index (χ0v) is 14.8. The molecule has 0 N–H and O–H groups in total. The van der Waals surface area contributed by atoms with Gasteiger partial charge >= 0.3 is 5.88 Å². The summed E-state index contributed by atoms with van der Waals surface area (Å²) in [5.41, 5.74) is 2.01. The van der Waals surface area contributed by atoms with Gasteiger partial charge in [-0.05, 0) is 11.6 Å². The summed E-state index contributed by atoms with van der Waals surface area (Å²) >= 11 is 1.51. The molecule has 6 nitrogen and oxygen atoms in total. The topological polar surface area (TPSA) is 71.2 Å². The van der Waals surface area contributed by atoms with Crippen LogP contribution in [-0.4, -0.2) is 17.1 Å². The van der Waals surface area contributed by atoms with Gasteiger partial charge < -0.3 is 14.7 Å². The molecule has 0 saturated carbocycles. The van der Waals surface area contributed by atoms with Crippen LogP contribution in [0.3, 0.4) is 0 Å². The number of thiophene rings is 1. The lowest BCUT2D eigenvalue weighted by molar-refractivity contribution is -0.611. The van der Waals surface area contributed by atoms with Gasteiger partial charge in [0.2, 0.25) is 5.88 Å². The Morgan fingerprint density at radius 2 is 1.88 bits per heavy atom. The van der Waals surface area contributed by atoms with Crippen molar-refractivity contribution < 1.29 is 14.2 Å². The number of aromatic nitrogens is 3. The van der Waals surface area contributed by atoms with Crippen molar-refractivity contribution in [1.29, 1.82) is 0 Å². The summed E-state index contributed by atoms with van der Waals surface area (Å²) in [6.45, 7) is 0.261. The van der Waals surface area contributed by atoms with Gasteiger partial charge in [0.05, 0.1) is 11.5 Å². The second kappa shape index (κ2) is 7.07. The SMILES string of the molecule is COCc1nc(Oc2cccc[n+]2[O-])c2c(-c3ccccc3)csc2n1. The van der Waals surface area contributed by atoms with Crippen molar-refractivity contribution in [3.8, 4) is 22.9 Å². The molecular formula is C19H15N3O3S. The molecule has 130 valence electrons. The maximum Gasteiger partial charge on any atom is 0.386 e. The first-order valence-corrected chi connectivity index (χ1v) is 8.83. The first-order valence-electron chi connectivity index (χ1n) is 7.95. The number of rotatable bonds is 5. The largest absolute Gasteiger partial charge is 0.616 e. The number of methoxy groups -OCH3 is 1. The van der Waals surface area contributed by atoms with Gasteiger partial charge in [0.1, 0.15) is 11.4 Å². The Kier molecular flexibility index (Phi) is 4.47. The van der Waals surface area contributed by atoms with Gasteiger partial charge in [-0.2, -0.15) is 4.98 Å². The molecule has 0 unspecified atom stereocenters. The van der Waals surface area contributed by atoms with Crippen LogP contribution >= 0.6 is 11.3 Å². The molecule has 26 heavy (non-hydrogen) atoms. The molecule has 4 rings (SSSR count). The van der Waals surface area contributed by atoms with Gasteiger partial charge in [0, 0.05) is 24.1 Å². The predicted octanol–water partition coefficient (Wildman–Crippen LogP) is 3.93. The molecule has 0 fully saturated rings. The first-order chi connectivity index (χ1) is 12.8. The minimum atomic E-state index is 0.154. The third kappa shape index (κ3) is 3.10. The molecule has 0 radical (unpaired) electrons. The fourth-order valence-electron chi connectivity index (χ4n) is 2.64. The lowest BCUT2D eigenvalue weighted by Gasteiger charge is -2.09. The van der Waals surface area contributed by atoms with Crippen molar-refractivity contribution in [2.45, 2.75) is 6.61 Å². The van der Waals surface area contributed by atoms with E-state index < -0.39 is 0 Å². The van der Waals surface area contributed by atoms with Gasteiger partial charge in [-0.3, -0.25) is 0 Å². The Labute approximate surface area is 153 Å². The van der Waals surface area contributed by atoms with Crippen molar-refractivity contribution in [2.75, 3.05) is 7.11 Å². The summed E-state index contributed by atoms with van der Waals surface area (Å²) in [5.74, 6) is 1.00. The molecule has 0 aliphatic rings. The Morgan fingerprint density at radius 3 is 2.65 bits per heavy atom. The average Bonchev–Trinajstić information content (AvgIpc) is 3.09. The van der Waals surface area contributed by atoms with E-state index in [4.69, 9.17) is 9.47 Å². The second-order valence-electron chi connectivity index (χ2n) is 5.54. The van der Waals surface area contributed by atoms with Crippen LogP contribution in [0.1, 0.15) is 5.82 Å². The molecule has 0 saturated heterocycles. The number of ether oxygens (including phenoxy) is 2. The van der Waals surface area contributed by atoms with Crippen LogP contribution in [-0.2, 0) is 11.3 Å². The Morgan fingerprint density at radius 1 is 1.08 bits per heavy atom. The zero-order valence-electron chi connectivity index (χ0n) is 14.0. The van der Waals surface area contributed by atoms with E-state index in [9.17, 15) is 5.21 Å². The Balaban J connectivity index is 1.90. The number of benzene rings is 1. The normalized spacial score (nSPS) is 11.0. The molecule has 0 amide bonds. The summed E-state index contributed by atoms with van der Waals surface area (Å²) in [7, 11) is 1.58. The maximum atomic E-state index is 12.0. The third-order valence-corrected chi connectivity index (χ3v) is 4.67. The zero-order chi connectivity index (χ0) is 17.9. The Bertz CT molecular complexity index is 1050. The van der Waals surface area contributed by atoms with Gasteiger partial charge in [-0.15, -0.1) is 16.1 Å².